The predicted molar refractivity (Wildman–Crippen MR) is 81.3 cm³/mol. The van der Waals surface area contributed by atoms with E-state index in [2.05, 4.69) is 24.5 Å². The number of ether oxygens (including phenoxy) is 1. The lowest BCUT2D eigenvalue weighted by atomic mass is 10.2. The lowest BCUT2D eigenvalue weighted by Gasteiger charge is -2.16. The first-order chi connectivity index (χ1) is 8.65. The average Bonchev–Trinajstić information content (AvgIpc) is 2.32. The maximum absolute atomic E-state index is 5.39. The molecule has 0 bridgehead atoms. The normalized spacial score (nSPS) is 11.7. The summed E-state index contributed by atoms with van der Waals surface area (Å²) in [5.74, 6) is 0.876. The third kappa shape index (κ3) is 5.36. The van der Waals surface area contributed by atoms with Crippen LogP contribution >= 0.6 is 12.2 Å². The number of nitrogens with one attached hydrogen (secondary N) is 2. The van der Waals surface area contributed by atoms with E-state index in [4.69, 9.17) is 17.0 Å². The van der Waals surface area contributed by atoms with Crippen LogP contribution in [0.3, 0.4) is 0 Å². The Hall–Kier alpha value is -1.29. The smallest absolute Gasteiger partial charge is 0.170 e. The molecular formula is C14H22N2OS. The highest BCUT2D eigenvalue weighted by atomic mass is 32.1. The molecule has 0 saturated heterocycles. The van der Waals surface area contributed by atoms with Crippen LogP contribution in [-0.4, -0.2) is 17.8 Å². The van der Waals surface area contributed by atoms with Crippen molar-refractivity contribution in [2.24, 2.45) is 0 Å². The van der Waals surface area contributed by atoms with Gasteiger partial charge in [-0.3, -0.25) is 0 Å². The summed E-state index contributed by atoms with van der Waals surface area (Å²) >= 11 is 5.26. The fourth-order valence-corrected chi connectivity index (χ4v) is 2.02. The Balaban J connectivity index is 2.44. The second-order valence-electron chi connectivity index (χ2n) is 4.25. The van der Waals surface area contributed by atoms with Gasteiger partial charge >= 0.3 is 0 Å². The van der Waals surface area contributed by atoms with Crippen molar-refractivity contribution in [1.29, 1.82) is 0 Å². The molecule has 0 aromatic heterocycles. The van der Waals surface area contributed by atoms with E-state index in [1.54, 1.807) is 0 Å². The SMILES string of the molecule is CCC[C@@H](C)NC(=S)Nc1ccc(OCC)cc1. The van der Waals surface area contributed by atoms with Crippen LogP contribution in [0.4, 0.5) is 5.69 Å². The van der Waals surface area contributed by atoms with Gasteiger partial charge in [0.2, 0.25) is 0 Å². The molecule has 1 aromatic carbocycles. The Morgan fingerprint density at radius 3 is 2.50 bits per heavy atom. The minimum absolute atomic E-state index is 0.401. The standard InChI is InChI=1S/C14H22N2OS/c1-4-6-11(3)15-14(18)16-12-7-9-13(10-8-12)17-5-2/h7-11H,4-6H2,1-3H3,(H2,15,16,18)/t11-/m1/s1. The molecule has 3 nitrogen and oxygen atoms in total. The number of rotatable bonds is 6. The molecule has 0 amide bonds. The van der Waals surface area contributed by atoms with Crippen LogP contribution in [0.15, 0.2) is 24.3 Å². The van der Waals surface area contributed by atoms with Crippen molar-refractivity contribution in [1.82, 2.24) is 5.32 Å². The second kappa shape index (κ2) is 7.93. The van der Waals surface area contributed by atoms with E-state index in [-0.39, 0.29) is 0 Å². The average molecular weight is 266 g/mol. The van der Waals surface area contributed by atoms with Crippen molar-refractivity contribution in [3.05, 3.63) is 24.3 Å². The molecule has 18 heavy (non-hydrogen) atoms. The first-order valence-corrected chi connectivity index (χ1v) is 6.87. The summed E-state index contributed by atoms with van der Waals surface area (Å²) in [6.07, 6.45) is 2.27. The molecule has 0 fully saturated rings. The minimum Gasteiger partial charge on any atom is -0.494 e. The number of thiocarbonyl (C=S) groups is 1. The topological polar surface area (TPSA) is 33.3 Å². The molecule has 2 N–H and O–H groups in total. The summed E-state index contributed by atoms with van der Waals surface area (Å²) in [6, 6.07) is 8.19. The molecule has 0 unspecified atom stereocenters. The first-order valence-electron chi connectivity index (χ1n) is 6.46. The van der Waals surface area contributed by atoms with Crippen molar-refractivity contribution in [3.63, 3.8) is 0 Å². The van der Waals surface area contributed by atoms with Crippen LogP contribution in [-0.2, 0) is 0 Å². The number of benzene rings is 1. The summed E-state index contributed by atoms with van der Waals surface area (Å²) in [6.45, 7) is 6.96. The number of anilines is 1. The zero-order valence-electron chi connectivity index (χ0n) is 11.3. The Bertz CT molecular complexity index is 365. The summed E-state index contributed by atoms with van der Waals surface area (Å²) in [5.41, 5.74) is 0.972. The van der Waals surface area contributed by atoms with Crippen molar-refractivity contribution in [2.45, 2.75) is 39.7 Å². The van der Waals surface area contributed by atoms with Crippen molar-refractivity contribution < 1.29 is 4.74 Å². The highest BCUT2D eigenvalue weighted by Crippen LogP contribution is 2.15. The Morgan fingerprint density at radius 1 is 1.28 bits per heavy atom. The quantitative estimate of drug-likeness (QED) is 0.771. The predicted octanol–water partition coefficient (Wildman–Crippen LogP) is 3.56. The van der Waals surface area contributed by atoms with E-state index >= 15 is 0 Å². The molecular weight excluding hydrogens is 244 g/mol. The highest BCUT2D eigenvalue weighted by molar-refractivity contribution is 7.80. The van der Waals surface area contributed by atoms with E-state index in [1.165, 1.54) is 0 Å². The lowest BCUT2D eigenvalue weighted by Crippen LogP contribution is -2.35. The fourth-order valence-electron chi connectivity index (χ4n) is 1.70. The van der Waals surface area contributed by atoms with Crippen molar-refractivity contribution in [2.75, 3.05) is 11.9 Å². The zero-order chi connectivity index (χ0) is 13.4. The van der Waals surface area contributed by atoms with E-state index < -0.39 is 0 Å². The van der Waals surface area contributed by atoms with Gasteiger partial charge in [-0.05, 0) is 56.8 Å². The molecule has 4 heteroatoms. The van der Waals surface area contributed by atoms with Gasteiger partial charge in [-0.2, -0.15) is 0 Å². The molecule has 100 valence electrons. The van der Waals surface area contributed by atoms with E-state index in [0.717, 1.165) is 24.3 Å². The lowest BCUT2D eigenvalue weighted by molar-refractivity contribution is 0.340. The Labute approximate surface area is 115 Å². The first kappa shape index (κ1) is 14.8. The summed E-state index contributed by atoms with van der Waals surface area (Å²) in [7, 11) is 0. The van der Waals surface area contributed by atoms with Gasteiger partial charge in [-0.25, -0.2) is 0 Å². The molecule has 1 aromatic rings. The molecule has 0 aliphatic carbocycles. The van der Waals surface area contributed by atoms with Gasteiger partial charge in [0.15, 0.2) is 5.11 Å². The summed E-state index contributed by atoms with van der Waals surface area (Å²) in [4.78, 5) is 0. The third-order valence-electron chi connectivity index (χ3n) is 2.52. The molecule has 0 heterocycles. The van der Waals surface area contributed by atoms with Crippen LogP contribution in [0.2, 0.25) is 0 Å². The van der Waals surface area contributed by atoms with Gasteiger partial charge in [-0.15, -0.1) is 0 Å². The van der Waals surface area contributed by atoms with E-state index in [1.807, 2.05) is 31.2 Å². The Kier molecular flexibility index (Phi) is 6.50. The monoisotopic (exact) mass is 266 g/mol. The van der Waals surface area contributed by atoms with Crippen LogP contribution in [0.1, 0.15) is 33.6 Å². The van der Waals surface area contributed by atoms with Gasteiger partial charge in [0.1, 0.15) is 5.75 Å². The van der Waals surface area contributed by atoms with E-state index in [0.29, 0.717) is 17.8 Å². The Morgan fingerprint density at radius 2 is 1.94 bits per heavy atom. The number of hydrogen-bond acceptors (Lipinski definition) is 2. The molecule has 0 saturated carbocycles. The van der Waals surface area contributed by atoms with Crippen LogP contribution in [0.25, 0.3) is 0 Å². The van der Waals surface area contributed by atoms with Crippen LogP contribution in [0, 0.1) is 0 Å². The van der Waals surface area contributed by atoms with Gasteiger partial charge in [0.05, 0.1) is 6.61 Å². The highest BCUT2D eigenvalue weighted by Gasteiger charge is 2.03. The zero-order valence-corrected chi connectivity index (χ0v) is 12.1. The maximum atomic E-state index is 5.39. The fraction of sp³-hybridized carbons (Fsp3) is 0.500. The molecule has 0 aliphatic heterocycles. The maximum Gasteiger partial charge on any atom is 0.170 e. The van der Waals surface area contributed by atoms with Crippen LogP contribution < -0.4 is 15.4 Å². The molecule has 0 spiro atoms. The van der Waals surface area contributed by atoms with Crippen molar-refractivity contribution in [3.8, 4) is 5.75 Å². The van der Waals surface area contributed by atoms with Gasteiger partial charge in [0, 0.05) is 11.7 Å². The summed E-state index contributed by atoms with van der Waals surface area (Å²) in [5, 5.41) is 7.09. The third-order valence-corrected chi connectivity index (χ3v) is 2.74. The molecule has 1 rings (SSSR count). The van der Waals surface area contributed by atoms with Crippen molar-refractivity contribution >= 4 is 23.0 Å². The minimum atomic E-state index is 0.401. The number of hydrogen-bond donors (Lipinski definition) is 2. The summed E-state index contributed by atoms with van der Waals surface area (Å²) < 4.78 is 5.39. The van der Waals surface area contributed by atoms with Gasteiger partial charge < -0.3 is 15.4 Å². The molecule has 0 radical (unpaired) electrons. The molecule has 0 aliphatic rings. The van der Waals surface area contributed by atoms with Gasteiger partial charge in [-0.1, -0.05) is 13.3 Å². The van der Waals surface area contributed by atoms with Gasteiger partial charge in [0.25, 0.3) is 0 Å². The molecule has 1 atom stereocenters. The van der Waals surface area contributed by atoms with Crippen LogP contribution in [0.5, 0.6) is 5.75 Å². The van der Waals surface area contributed by atoms with E-state index in [9.17, 15) is 0 Å². The second-order valence-corrected chi connectivity index (χ2v) is 4.65. The largest absolute Gasteiger partial charge is 0.494 e.